The number of unbranched alkanes of at least 4 members (excludes halogenated alkanes) is 1. The van der Waals surface area contributed by atoms with Gasteiger partial charge in [0.1, 0.15) is 11.2 Å². The topological polar surface area (TPSA) is 52.6 Å². The molecule has 0 spiro atoms. The van der Waals surface area contributed by atoms with E-state index in [4.69, 9.17) is 9.47 Å². The molecule has 4 atom stereocenters. The Hall–Kier alpha value is -0.740. The van der Waals surface area contributed by atoms with E-state index in [-0.39, 0.29) is 22.0 Å². The van der Waals surface area contributed by atoms with Crippen LogP contribution >= 0.6 is 0 Å². The molecule has 2 saturated heterocycles. The lowest BCUT2D eigenvalue weighted by molar-refractivity contribution is -0.332. The predicted octanol–water partition coefficient (Wildman–Crippen LogP) is 6.14. The lowest BCUT2D eigenvalue weighted by atomic mass is 9.57. The number of aldehydes is 2. The van der Waals surface area contributed by atoms with Crippen molar-refractivity contribution in [2.75, 3.05) is 0 Å². The zero-order valence-electron chi connectivity index (χ0n) is 20.6. The van der Waals surface area contributed by atoms with Gasteiger partial charge in [0.05, 0.1) is 11.2 Å². The molecule has 4 heteroatoms. The third-order valence-corrected chi connectivity index (χ3v) is 8.15. The predicted molar refractivity (Wildman–Crippen MR) is 117 cm³/mol. The molecule has 0 radical (unpaired) electrons. The van der Waals surface area contributed by atoms with Crippen LogP contribution in [0.25, 0.3) is 0 Å². The number of rotatable bonds is 5. The van der Waals surface area contributed by atoms with Crippen molar-refractivity contribution >= 4 is 12.6 Å². The zero-order valence-corrected chi connectivity index (χ0v) is 20.6. The molecule has 0 aromatic heterocycles. The largest absolute Gasteiger partial charge is 0.361 e. The Labute approximate surface area is 174 Å². The molecule has 4 nitrogen and oxygen atoms in total. The summed E-state index contributed by atoms with van der Waals surface area (Å²) in [5.74, 6) is 0. The van der Waals surface area contributed by atoms with Crippen LogP contribution in [0.3, 0.4) is 0 Å². The number of carbonyl (C=O) groups excluding carboxylic acids is 2. The van der Waals surface area contributed by atoms with Crippen LogP contribution in [0.2, 0.25) is 0 Å². The molecule has 2 aliphatic heterocycles. The van der Waals surface area contributed by atoms with E-state index < -0.39 is 11.2 Å². The monoisotopic (exact) mass is 398 g/mol. The molecule has 0 bridgehead atoms. The lowest BCUT2D eigenvalue weighted by Gasteiger charge is -2.64. The summed E-state index contributed by atoms with van der Waals surface area (Å²) in [7, 11) is 0. The van der Waals surface area contributed by atoms with E-state index in [0.717, 1.165) is 25.4 Å². The Balaban J connectivity index is 0.000000439. The molecule has 0 aromatic rings. The summed E-state index contributed by atoms with van der Waals surface area (Å²) in [6.07, 6.45) is 6.44. The molecule has 0 aliphatic carbocycles. The van der Waals surface area contributed by atoms with Gasteiger partial charge in [-0.15, -0.1) is 0 Å². The van der Waals surface area contributed by atoms with Gasteiger partial charge in [0.25, 0.3) is 0 Å². The number of hydrogen-bond acceptors (Lipinski definition) is 4. The maximum atomic E-state index is 10.8. The van der Waals surface area contributed by atoms with Gasteiger partial charge in [-0.05, 0) is 54.4 Å². The minimum Gasteiger partial charge on any atom is -0.361 e. The highest BCUT2D eigenvalue weighted by Crippen LogP contribution is 2.58. The SMILES string of the molecule is CCC1(C)C(C)(C)OC1(C)C=O.CCC1(C)C(C)(C)OC1(C)C=O.CCCC. The van der Waals surface area contributed by atoms with Crippen molar-refractivity contribution in [3.63, 3.8) is 0 Å². The Morgan fingerprint density at radius 2 is 0.821 bits per heavy atom. The molecule has 2 rings (SSSR count). The van der Waals surface area contributed by atoms with E-state index in [9.17, 15) is 9.59 Å². The summed E-state index contributed by atoms with van der Waals surface area (Å²) in [5.41, 5.74) is -1.55. The van der Waals surface area contributed by atoms with Crippen LogP contribution in [0, 0.1) is 10.8 Å². The molecular weight excluding hydrogens is 352 g/mol. The van der Waals surface area contributed by atoms with E-state index in [0.29, 0.717) is 0 Å². The van der Waals surface area contributed by atoms with E-state index in [2.05, 4.69) is 41.5 Å². The minimum absolute atomic E-state index is 0.0260. The van der Waals surface area contributed by atoms with Gasteiger partial charge in [-0.3, -0.25) is 0 Å². The van der Waals surface area contributed by atoms with Crippen molar-refractivity contribution in [3.05, 3.63) is 0 Å². The maximum Gasteiger partial charge on any atom is 0.152 e. The summed E-state index contributed by atoms with van der Waals surface area (Å²) in [6.45, 7) is 24.7. The van der Waals surface area contributed by atoms with Crippen molar-refractivity contribution in [1.82, 2.24) is 0 Å². The quantitative estimate of drug-likeness (QED) is 0.522. The van der Waals surface area contributed by atoms with E-state index in [1.165, 1.54) is 12.8 Å². The molecule has 28 heavy (non-hydrogen) atoms. The molecule has 166 valence electrons. The van der Waals surface area contributed by atoms with Crippen LogP contribution in [0.1, 0.15) is 109 Å². The third kappa shape index (κ3) is 4.09. The van der Waals surface area contributed by atoms with Gasteiger partial charge in [0.15, 0.2) is 12.6 Å². The second-order valence-corrected chi connectivity index (χ2v) is 10.0. The fraction of sp³-hybridized carbons (Fsp3) is 0.917. The van der Waals surface area contributed by atoms with Crippen LogP contribution in [0.4, 0.5) is 0 Å². The second kappa shape index (κ2) is 8.95. The van der Waals surface area contributed by atoms with Crippen LogP contribution in [0.5, 0.6) is 0 Å². The highest BCUT2D eigenvalue weighted by Gasteiger charge is 2.66. The minimum atomic E-state index is -0.578. The van der Waals surface area contributed by atoms with Crippen molar-refractivity contribution < 1.29 is 19.1 Å². The van der Waals surface area contributed by atoms with Gasteiger partial charge in [-0.25, -0.2) is 0 Å². The van der Waals surface area contributed by atoms with Crippen LogP contribution < -0.4 is 0 Å². The third-order valence-electron chi connectivity index (χ3n) is 8.15. The van der Waals surface area contributed by atoms with Crippen LogP contribution in [0.15, 0.2) is 0 Å². The van der Waals surface area contributed by atoms with Crippen LogP contribution in [-0.2, 0) is 19.1 Å². The Morgan fingerprint density at radius 3 is 0.893 bits per heavy atom. The second-order valence-electron chi connectivity index (χ2n) is 10.0. The Bertz CT molecular complexity index is 493. The number of ether oxygens (including phenoxy) is 2. The first-order valence-electron chi connectivity index (χ1n) is 10.9. The smallest absolute Gasteiger partial charge is 0.152 e. The van der Waals surface area contributed by atoms with Crippen LogP contribution in [-0.4, -0.2) is 35.0 Å². The number of carbonyl (C=O) groups is 2. The normalized spacial score (nSPS) is 39.7. The molecule has 0 amide bonds. The van der Waals surface area contributed by atoms with Gasteiger partial charge in [0, 0.05) is 10.8 Å². The molecule has 4 unspecified atom stereocenters. The average Bonchev–Trinajstić information content (AvgIpc) is 2.65. The summed E-state index contributed by atoms with van der Waals surface area (Å²) < 4.78 is 11.2. The van der Waals surface area contributed by atoms with Gasteiger partial charge in [-0.1, -0.05) is 54.4 Å². The fourth-order valence-electron chi connectivity index (χ4n) is 4.48. The lowest BCUT2D eigenvalue weighted by Crippen LogP contribution is -2.72. The first kappa shape index (κ1) is 27.3. The Morgan fingerprint density at radius 1 is 0.571 bits per heavy atom. The molecule has 2 fully saturated rings. The maximum absolute atomic E-state index is 10.8. The molecular formula is C24H46O4. The molecule has 0 N–H and O–H groups in total. The van der Waals surface area contributed by atoms with Gasteiger partial charge in [0.2, 0.25) is 0 Å². The van der Waals surface area contributed by atoms with E-state index >= 15 is 0 Å². The van der Waals surface area contributed by atoms with Crippen molar-refractivity contribution in [1.29, 1.82) is 0 Å². The van der Waals surface area contributed by atoms with Crippen molar-refractivity contribution in [2.45, 2.75) is 131 Å². The van der Waals surface area contributed by atoms with Crippen molar-refractivity contribution in [2.24, 2.45) is 10.8 Å². The standard InChI is InChI=1S/2C10H18O2.C4H10/c2*1-6-9(4)8(2,3)12-10(9,5)7-11;1-3-4-2/h2*7H,6H2,1-5H3;3-4H2,1-2H3. The molecule has 2 heterocycles. The Kier molecular flexibility index (Phi) is 8.72. The van der Waals surface area contributed by atoms with Crippen molar-refractivity contribution in [3.8, 4) is 0 Å². The molecule has 2 aliphatic rings. The van der Waals surface area contributed by atoms with Gasteiger partial charge < -0.3 is 19.1 Å². The summed E-state index contributed by atoms with van der Waals surface area (Å²) >= 11 is 0. The summed E-state index contributed by atoms with van der Waals surface area (Å²) in [5, 5.41) is 0. The highest BCUT2D eigenvalue weighted by atomic mass is 16.6. The van der Waals surface area contributed by atoms with Gasteiger partial charge in [-0.2, -0.15) is 0 Å². The first-order valence-corrected chi connectivity index (χ1v) is 10.9. The fourth-order valence-corrected chi connectivity index (χ4v) is 4.48. The summed E-state index contributed by atoms with van der Waals surface area (Å²) in [4.78, 5) is 21.7. The van der Waals surface area contributed by atoms with E-state index in [1.807, 2.05) is 41.5 Å². The summed E-state index contributed by atoms with van der Waals surface area (Å²) in [6, 6.07) is 0. The van der Waals surface area contributed by atoms with E-state index in [1.54, 1.807) is 0 Å². The van der Waals surface area contributed by atoms with Gasteiger partial charge >= 0.3 is 0 Å². The average molecular weight is 399 g/mol. The first-order chi connectivity index (χ1) is 12.6. The molecule has 0 aromatic carbocycles. The number of hydrogen-bond donors (Lipinski definition) is 0. The zero-order chi connectivity index (χ0) is 22.7. The highest BCUT2D eigenvalue weighted by molar-refractivity contribution is 5.67. The molecule has 0 saturated carbocycles.